The molecule has 0 aliphatic rings. The Hall–Kier alpha value is -5.12. The van der Waals surface area contributed by atoms with Crippen LogP contribution in [0.1, 0.15) is 0 Å². The van der Waals surface area contributed by atoms with Crippen LogP contribution in [-0.2, 0) is 0 Å². The standard InChI is InChI=1S/C38H23NOS/c1-2-12-26(13-3-1)39(27-18-19-35-31(22-27)29-15-8-9-17-34(29)40-35)33-23-37-38(30-16-7-6-14-28(30)33)32-20-24-10-4-5-11-25(24)21-36(32)41-37/h1-23H. The van der Waals surface area contributed by atoms with Crippen molar-refractivity contribution in [2.24, 2.45) is 0 Å². The van der Waals surface area contributed by atoms with E-state index in [9.17, 15) is 0 Å². The molecule has 0 atom stereocenters. The van der Waals surface area contributed by atoms with Crippen LogP contribution in [0.5, 0.6) is 0 Å². The van der Waals surface area contributed by atoms with Crippen LogP contribution in [0.3, 0.4) is 0 Å². The average molecular weight is 542 g/mol. The molecule has 2 aromatic heterocycles. The number of benzene rings is 7. The molecular formula is C38H23NOS. The van der Waals surface area contributed by atoms with Crippen molar-refractivity contribution in [2.75, 3.05) is 4.90 Å². The van der Waals surface area contributed by atoms with Gasteiger partial charge in [-0.15, -0.1) is 11.3 Å². The molecule has 3 heteroatoms. The van der Waals surface area contributed by atoms with Crippen molar-refractivity contribution >= 4 is 92.1 Å². The van der Waals surface area contributed by atoms with Gasteiger partial charge in [0.1, 0.15) is 11.2 Å². The Balaban J connectivity index is 1.37. The smallest absolute Gasteiger partial charge is 0.135 e. The molecule has 0 N–H and O–H groups in total. The maximum absolute atomic E-state index is 6.18. The van der Waals surface area contributed by atoms with Gasteiger partial charge in [-0.3, -0.25) is 0 Å². The van der Waals surface area contributed by atoms with Gasteiger partial charge in [0.05, 0.1) is 5.69 Å². The first-order chi connectivity index (χ1) is 20.3. The van der Waals surface area contributed by atoms with Gasteiger partial charge in [-0.2, -0.15) is 0 Å². The second kappa shape index (κ2) is 8.69. The zero-order chi connectivity index (χ0) is 26.9. The average Bonchev–Trinajstić information content (AvgIpc) is 3.58. The van der Waals surface area contributed by atoms with Crippen molar-refractivity contribution in [1.82, 2.24) is 0 Å². The quantitative estimate of drug-likeness (QED) is 0.221. The van der Waals surface area contributed by atoms with E-state index < -0.39 is 0 Å². The topological polar surface area (TPSA) is 16.4 Å². The predicted molar refractivity (Wildman–Crippen MR) is 176 cm³/mol. The molecule has 0 amide bonds. The van der Waals surface area contributed by atoms with Gasteiger partial charge in [0.15, 0.2) is 0 Å². The molecule has 0 fully saturated rings. The molecule has 41 heavy (non-hydrogen) atoms. The first kappa shape index (κ1) is 22.7. The molecule has 0 saturated heterocycles. The van der Waals surface area contributed by atoms with E-state index in [0.717, 1.165) is 33.3 Å². The molecule has 0 spiro atoms. The number of thiophene rings is 1. The Morgan fingerprint density at radius 2 is 1.12 bits per heavy atom. The summed E-state index contributed by atoms with van der Waals surface area (Å²) in [6, 6.07) is 50.1. The minimum Gasteiger partial charge on any atom is -0.456 e. The first-order valence-corrected chi connectivity index (χ1v) is 14.7. The van der Waals surface area contributed by atoms with E-state index in [-0.39, 0.29) is 0 Å². The van der Waals surface area contributed by atoms with Crippen LogP contribution in [0.4, 0.5) is 17.1 Å². The Morgan fingerprint density at radius 3 is 1.98 bits per heavy atom. The summed E-state index contributed by atoms with van der Waals surface area (Å²) in [5, 5.41) is 9.98. The number of hydrogen-bond donors (Lipinski definition) is 0. The number of nitrogens with zero attached hydrogens (tertiary/aromatic N) is 1. The summed E-state index contributed by atoms with van der Waals surface area (Å²) >= 11 is 1.88. The van der Waals surface area contributed by atoms with Gasteiger partial charge in [0.2, 0.25) is 0 Å². The van der Waals surface area contributed by atoms with Crippen molar-refractivity contribution in [1.29, 1.82) is 0 Å². The largest absolute Gasteiger partial charge is 0.456 e. The SMILES string of the molecule is c1ccc(N(c2ccc3oc4ccccc4c3c2)c2cc3sc4cc5ccccc5cc4c3c3ccccc23)cc1. The normalized spacial score (nSPS) is 11.9. The van der Waals surface area contributed by atoms with Crippen LogP contribution in [0, 0.1) is 0 Å². The van der Waals surface area contributed by atoms with Crippen LogP contribution >= 0.6 is 11.3 Å². The first-order valence-electron chi connectivity index (χ1n) is 13.9. The molecule has 9 rings (SSSR count). The molecule has 192 valence electrons. The predicted octanol–water partition coefficient (Wildman–Crippen LogP) is 11.7. The number of para-hydroxylation sites is 2. The third kappa shape index (κ3) is 3.43. The zero-order valence-corrected chi connectivity index (χ0v) is 22.9. The summed E-state index contributed by atoms with van der Waals surface area (Å²) in [7, 11) is 0. The lowest BCUT2D eigenvalue weighted by atomic mass is 9.99. The molecular weight excluding hydrogens is 518 g/mol. The van der Waals surface area contributed by atoms with Crippen LogP contribution in [0.25, 0.3) is 63.7 Å². The third-order valence-corrected chi connectivity index (χ3v) is 9.30. The molecule has 0 bridgehead atoms. The number of hydrogen-bond acceptors (Lipinski definition) is 3. The number of furan rings is 1. The van der Waals surface area contributed by atoms with Gasteiger partial charge in [-0.1, -0.05) is 84.9 Å². The van der Waals surface area contributed by atoms with Crippen molar-refractivity contribution < 1.29 is 4.42 Å². The van der Waals surface area contributed by atoms with Gasteiger partial charge in [0.25, 0.3) is 0 Å². The molecule has 0 saturated carbocycles. The Bertz CT molecular complexity index is 2430. The Labute approximate surface area is 240 Å². The van der Waals surface area contributed by atoms with Gasteiger partial charge in [-0.05, 0) is 70.8 Å². The fourth-order valence-corrected chi connectivity index (χ4v) is 7.54. The zero-order valence-electron chi connectivity index (χ0n) is 22.0. The molecule has 7 aromatic carbocycles. The maximum atomic E-state index is 6.18. The van der Waals surface area contributed by atoms with E-state index in [1.54, 1.807) is 0 Å². The van der Waals surface area contributed by atoms with Crippen molar-refractivity contribution in [3.05, 3.63) is 140 Å². The lowest BCUT2D eigenvalue weighted by molar-refractivity contribution is 0.669. The van der Waals surface area contributed by atoms with Gasteiger partial charge in [0, 0.05) is 47.7 Å². The molecule has 2 heterocycles. The van der Waals surface area contributed by atoms with Crippen molar-refractivity contribution in [3.8, 4) is 0 Å². The fourth-order valence-electron chi connectivity index (χ4n) is 6.35. The van der Waals surface area contributed by atoms with E-state index in [0.29, 0.717) is 0 Å². The van der Waals surface area contributed by atoms with Crippen molar-refractivity contribution in [3.63, 3.8) is 0 Å². The summed E-state index contributed by atoms with van der Waals surface area (Å²) in [5.41, 5.74) is 5.21. The minimum atomic E-state index is 0.903. The van der Waals surface area contributed by atoms with Crippen LogP contribution in [0.2, 0.25) is 0 Å². The minimum absolute atomic E-state index is 0.903. The van der Waals surface area contributed by atoms with Gasteiger partial charge in [-0.25, -0.2) is 0 Å². The van der Waals surface area contributed by atoms with E-state index >= 15 is 0 Å². The summed E-state index contributed by atoms with van der Waals surface area (Å²) in [6.45, 7) is 0. The fraction of sp³-hybridized carbons (Fsp3) is 0. The highest BCUT2D eigenvalue weighted by Gasteiger charge is 2.20. The maximum Gasteiger partial charge on any atom is 0.135 e. The van der Waals surface area contributed by atoms with Crippen molar-refractivity contribution in [2.45, 2.75) is 0 Å². The summed E-state index contributed by atoms with van der Waals surface area (Å²) < 4.78 is 8.79. The van der Waals surface area contributed by atoms with Crippen LogP contribution in [-0.4, -0.2) is 0 Å². The molecule has 0 aliphatic carbocycles. The van der Waals surface area contributed by atoms with E-state index in [4.69, 9.17) is 4.42 Å². The lowest BCUT2D eigenvalue weighted by Gasteiger charge is -2.27. The highest BCUT2D eigenvalue weighted by Crippen LogP contribution is 2.47. The highest BCUT2D eigenvalue weighted by atomic mass is 32.1. The number of fused-ring (bicyclic) bond motifs is 9. The van der Waals surface area contributed by atoms with Crippen LogP contribution < -0.4 is 4.90 Å². The van der Waals surface area contributed by atoms with Gasteiger partial charge >= 0.3 is 0 Å². The molecule has 0 aliphatic heterocycles. The van der Waals surface area contributed by atoms with E-state index in [1.165, 1.54) is 47.4 Å². The summed E-state index contributed by atoms with van der Waals surface area (Å²) in [6.07, 6.45) is 0. The monoisotopic (exact) mass is 541 g/mol. The molecule has 2 nitrogen and oxygen atoms in total. The summed E-state index contributed by atoms with van der Waals surface area (Å²) in [5.74, 6) is 0. The van der Waals surface area contributed by atoms with E-state index in [2.05, 4.69) is 132 Å². The molecule has 9 aromatic rings. The third-order valence-electron chi connectivity index (χ3n) is 8.20. The second-order valence-electron chi connectivity index (χ2n) is 10.6. The number of rotatable bonds is 3. The lowest BCUT2D eigenvalue weighted by Crippen LogP contribution is -2.10. The highest BCUT2D eigenvalue weighted by molar-refractivity contribution is 7.26. The van der Waals surface area contributed by atoms with E-state index in [1.807, 2.05) is 23.5 Å². The summed E-state index contributed by atoms with van der Waals surface area (Å²) in [4.78, 5) is 2.39. The second-order valence-corrected chi connectivity index (χ2v) is 11.6. The molecule has 0 unspecified atom stereocenters. The Morgan fingerprint density at radius 1 is 0.439 bits per heavy atom. The van der Waals surface area contributed by atoms with Gasteiger partial charge < -0.3 is 9.32 Å². The number of anilines is 3. The molecule has 0 radical (unpaired) electrons. The van der Waals surface area contributed by atoms with Crippen LogP contribution in [0.15, 0.2) is 144 Å². The Kier molecular flexibility index (Phi) is 4.80.